The van der Waals surface area contributed by atoms with E-state index in [4.69, 9.17) is 0 Å². The van der Waals surface area contributed by atoms with E-state index < -0.39 is 0 Å². The minimum absolute atomic E-state index is 0.0289. The summed E-state index contributed by atoms with van der Waals surface area (Å²) >= 11 is 0. The van der Waals surface area contributed by atoms with E-state index in [1.54, 1.807) is 12.4 Å². The number of pyridine rings is 1. The Balaban J connectivity index is 1.76. The van der Waals surface area contributed by atoms with Gasteiger partial charge in [-0.2, -0.15) is 0 Å². The van der Waals surface area contributed by atoms with E-state index in [9.17, 15) is 4.79 Å². The zero-order valence-electron chi connectivity index (χ0n) is 14.0. The molecule has 2 aromatic rings. The van der Waals surface area contributed by atoms with Crippen molar-refractivity contribution in [3.63, 3.8) is 0 Å². The number of hydrogen-bond acceptors (Lipinski definition) is 2. The van der Waals surface area contributed by atoms with Gasteiger partial charge in [0.1, 0.15) is 0 Å². The minimum Gasteiger partial charge on any atom is -0.317 e. The van der Waals surface area contributed by atoms with E-state index in [2.05, 4.69) is 22.4 Å². The number of anilines is 1. The van der Waals surface area contributed by atoms with Gasteiger partial charge in [0.15, 0.2) is 0 Å². The number of amides is 2. The van der Waals surface area contributed by atoms with Gasteiger partial charge in [0.2, 0.25) is 0 Å². The Labute approximate surface area is 143 Å². The van der Waals surface area contributed by atoms with Crippen LogP contribution in [0.5, 0.6) is 0 Å². The molecule has 126 valence electrons. The number of aromatic nitrogens is 1. The molecular weight excluding hydrogens is 298 g/mol. The van der Waals surface area contributed by atoms with E-state index in [0.29, 0.717) is 12.6 Å². The zero-order valence-corrected chi connectivity index (χ0v) is 14.0. The van der Waals surface area contributed by atoms with E-state index >= 15 is 0 Å². The Bertz CT molecular complexity index is 622. The van der Waals surface area contributed by atoms with Gasteiger partial charge in [0, 0.05) is 18.8 Å². The van der Waals surface area contributed by atoms with E-state index in [1.807, 2.05) is 35.2 Å². The van der Waals surface area contributed by atoms with Crippen molar-refractivity contribution in [1.82, 2.24) is 9.88 Å². The van der Waals surface area contributed by atoms with Crippen molar-refractivity contribution in [2.24, 2.45) is 0 Å². The van der Waals surface area contributed by atoms with Crippen molar-refractivity contribution in [2.45, 2.75) is 51.1 Å². The van der Waals surface area contributed by atoms with Crippen molar-refractivity contribution in [3.8, 4) is 0 Å². The van der Waals surface area contributed by atoms with Crippen molar-refractivity contribution in [2.75, 3.05) is 5.32 Å². The van der Waals surface area contributed by atoms with Gasteiger partial charge in [-0.15, -0.1) is 0 Å². The summed E-state index contributed by atoms with van der Waals surface area (Å²) in [5.41, 5.74) is 1.91. The highest BCUT2D eigenvalue weighted by molar-refractivity contribution is 5.89. The number of carbonyl (C=O) groups excluding carboxylic acids is 1. The van der Waals surface area contributed by atoms with Crippen molar-refractivity contribution >= 4 is 11.7 Å². The molecule has 0 aliphatic heterocycles. The fourth-order valence-electron chi connectivity index (χ4n) is 3.35. The number of rotatable bonds is 4. The van der Waals surface area contributed by atoms with Crippen LogP contribution in [0.2, 0.25) is 0 Å². The number of carbonyl (C=O) groups is 1. The van der Waals surface area contributed by atoms with Crippen LogP contribution in [-0.2, 0) is 6.54 Å². The minimum atomic E-state index is -0.0289. The van der Waals surface area contributed by atoms with Gasteiger partial charge < -0.3 is 10.2 Å². The first-order chi connectivity index (χ1) is 11.8. The van der Waals surface area contributed by atoms with Gasteiger partial charge in [0.25, 0.3) is 0 Å². The van der Waals surface area contributed by atoms with Crippen LogP contribution < -0.4 is 5.32 Å². The lowest BCUT2D eigenvalue weighted by Crippen LogP contribution is -2.42. The summed E-state index contributed by atoms with van der Waals surface area (Å²) in [6, 6.07) is 14.2. The van der Waals surface area contributed by atoms with Crippen LogP contribution in [0.3, 0.4) is 0 Å². The van der Waals surface area contributed by atoms with Gasteiger partial charge >= 0.3 is 6.03 Å². The van der Waals surface area contributed by atoms with E-state index in [-0.39, 0.29) is 6.03 Å². The molecule has 24 heavy (non-hydrogen) atoms. The largest absolute Gasteiger partial charge is 0.322 e. The zero-order chi connectivity index (χ0) is 16.6. The fourth-order valence-corrected chi connectivity index (χ4v) is 3.35. The maximum atomic E-state index is 12.9. The summed E-state index contributed by atoms with van der Waals surface area (Å²) in [7, 11) is 0. The molecule has 0 atom stereocenters. The monoisotopic (exact) mass is 323 g/mol. The first kappa shape index (κ1) is 16.5. The summed E-state index contributed by atoms with van der Waals surface area (Å²) in [6.45, 7) is 0.650. The molecule has 1 fully saturated rings. The molecule has 1 aromatic carbocycles. The van der Waals surface area contributed by atoms with Crippen LogP contribution in [-0.4, -0.2) is 22.0 Å². The maximum Gasteiger partial charge on any atom is 0.322 e. The normalized spacial score (nSPS) is 15.5. The average Bonchev–Trinajstić information content (AvgIpc) is 2.90. The number of hydrogen-bond donors (Lipinski definition) is 1. The van der Waals surface area contributed by atoms with Crippen LogP contribution in [0.1, 0.15) is 44.1 Å². The van der Waals surface area contributed by atoms with Crippen molar-refractivity contribution < 1.29 is 4.79 Å². The Kier molecular flexibility index (Phi) is 5.83. The first-order valence-electron chi connectivity index (χ1n) is 8.84. The molecule has 1 heterocycles. The quantitative estimate of drug-likeness (QED) is 0.818. The molecule has 0 bridgehead atoms. The highest BCUT2D eigenvalue weighted by Gasteiger charge is 2.25. The topological polar surface area (TPSA) is 45.2 Å². The van der Waals surface area contributed by atoms with Gasteiger partial charge in [-0.1, -0.05) is 56.0 Å². The standard InChI is InChI=1S/C20H25N3O/c24-20(22-18-11-8-14-21-15-18)23(16-17-9-4-3-5-10-17)19-12-6-1-2-7-13-19/h3-5,8-11,14-15,19H,1-2,6-7,12-13,16H2,(H,22,24). The molecule has 1 N–H and O–H groups in total. The Morgan fingerprint density at radius 2 is 1.79 bits per heavy atom. The Morgan fingerprint density at radius 3 is 2.46 bits per heavy atom. The molecule has 2 amide bonds. The molecular formula is C20H25N3O. The second kappa shape index (κ2) is 8.48. The van der Waals surface area contributed by atoms with Crippen LogP contribution in [0.25, 0.3) is 0 Å². The molecule has 0 saturated heterocycles. The second-order valence-corrected chi connectivity index (χ2v) is 6.43. The molecule has 0 unspecified atom stereocenters. The summed E-state index contributed by atoms with van der Waals surface area (Å²) in [5.74, 6) is 0. The van der Waals surface area contributed by atoms with Crippen LogP contribution in [0.4, 0.5) is 10.5 Å². The smallest absolute Gasteiger partial charge is 0.317 e. The summed E-state index contributed by atoms with van der Waals surface area (Å²) in [4.78, 5) is 19.0. The molecule has 1 saturated carbocycles. The summed E-state index contributed by atoms with van der Waals surface area (Å²) in [5, 5.41) is 3.00. The number of nitrogens with one attached hydrogen (secondary N) is 1. The molecule has 1 aliphatic rings. The molecule has 3 rings (SSSR count). The molecule has 4 heteroatoms. The molecule has 0 spiro atoms. The lowest BCUT2D eigenvalue weighted by atomic mass is 10.1. The number of nitrogens with zero attached hydrogens (tertiary/aromatic N) is 2. The maximum absolute atomic E-state index is 12.9. The predicted molar refractivity (Wildman–Crippen MR) is 96.7 cm³/mol. The number of benzene rings is 1. The summed E-state index contributed by atoms with van der Waals surface area (Å²) < 4.78 is 0. The van der Waals surface area contributed by atoms with Crippen molar-refractivity contribution in [3.05, 3.63) is 60.4 Å². The highest BCUT2D eigenvalue weighted by Crippen LogP contribution is 2.24. The SMILES string of the molecule is O=C(Nc1cccnc1)N(Cc1ccccc1)C1CCCCCC1. The molecule has 0 radical (unpaired) electrons. The highest BCUT2D eigenvalue weighted by atomic mass is 16.2. The van der Waals surface area contributed by atoms with Crippen molar-refractivity contribution in [1.29, 1.82) is 0 Å². The first-order valence-corrected chi connectivity index (χ1v) is 8.84. The van der Waals surface area contributed by atoms with Gasteiger partial charge in [-0.25, -0.2) is 4.79 Å². The van der Waals surface area contributed by atoms with Gasteiger partial charge in [-0.3, -0.25) is 4.98 Å². The third kappa shape index (κ3) is 4.57. The summed E-state index contributed by atoms with van der Waals surface area (Å²) in [6.07, 6.45) is 10.5. The lowest BCUT2D eigenvalue weighted by molar-refractivity contribution is 0.175. The second-order valence-electron chi connectivity index (χ2n) is 6.43. The lowest BCUT2D eigenvalue weighted by Gasteiger charge is -2.31. The van der Waals surface area contributed by atoms with E-state index in [0.717, 1.165) is 18.5 Å². The third-order valence-electron chi connectivity index (χ3n) is 4.63. The predicted octanol–water partition coefficient (Wildman–Crippen LogP) is 4.84. The molecule has 1 aromatic heterocycles. The Hall–Kier alpha value is -2.36. The number of urea groups is 1. The molecule has 1 aliphatic carbocycles. The van der Waals surface area contributed by atoms with E-state index in [1.165, 1.54) is 31.2 Å². The van der Waals surface area contributed by atoms with Crippen LogP contribution in [0.15, 0.2) is 54.9 Å². The fraction of sp³-hybridized carbons (Fsp3) is 0.400. The van der Waals surface area contributed by atoms with Crippen LogP contribution in [0, 0.1) is 0 Å². The third-order valence-corrected chi connectivity index (χ3v) is 4.63. The van der Waals surface area contributed by atoms with Gasteiger partial charge in [0.05, 0.1) is 11.9 Å². The van der Waals surface area contributed by atoms with Crippen LogP contribution >= 0.6 is 0 Å². The average molecular weight is 323 g/mol. The molecule has 4 nitrogen and oxygen atoms in total. The Morgan fingerprint density at radius 1 is 1.04 bits per heavy atom. The van der Waals surface area contributed by atoms with Gasteiger partial charge in [-0.05, 0) is 30.5 Å².